The van der Waals surface area contributed by atoms with Gasteiger partial charge in [0.25, 0.3) is 0 Å². The fourth-order valence-corrected chi connectivity index (χ4v) is 3.07. The Morgan fingerprint density at radius 1 is 1.19 bits per heavy atom. The van der Waals surface area contributed by atoms with E-state index in [-0.39, 0.29) is 5.78 Å². The molecule has 2 rings (SSSR count). The van der Waals surface area contributed by atoms with E-state index in [0.29, 0.717) is 0 Å². The Labute approximate surface area is 132 Å². The minimum Gasteiger partial charge on any atom is -0.381 e. The predicted molar refractivity (Wildman–Crippen MR) is 89.1 cm³/mol. The topological polar surface area (TPSA) is 26.3 Å². The third-order valence-corrected chi connectivity index (χ3v) is 4.60. The Bertz CT molecular complexity index is 505. The molecule has 1 heterocycles. The number of thioether (sulfide) groups is 1. The summed E-state index contributed by atoms with van der Waals surface area (Å²) in [7, 11) is 0. The maximum Gasteiger partial charge on any atom is 0.172 e. The van der Waals surface area contributed by atoms with Crippen LogP contribution in [0.2, 0.25) is 0 Å². The van der Waals surface area contributed by atoms with Crippen molar-refractivity contribution in [2.75, 3.05) is 19.5 Å². The molecule has 2 nitrogen and oxygen atoms in total. The SMILES string of the molecule is CSc1ccc(C(=O)C(C)(C)/C=C2/CCCOCC2)cc1. The highest BCUT2D eigenvalue weighted by Crippen LogP contribution is 2.29. The first-order valence-electron chi connectivity index (χ1n) is 7.50. The molecule has 21 heavy (non-hydrogen) atoms. The van der Waals surface area contributed by atoms with Crippen molar-refractivity contribution in [3.8, 4) is 0 Å². The first-order chi connectivity index (χ1) is 10.0. The van der Waals surface area contributed by atoms with Gasteiger partial charge in [-0.2, -0.15) is 0 Å². The largest absolute Gasteiger partial charge is 0.381 e. The van der Waals surface area contributed by atoms with E-state index in [1.54, 1.807) is 11.8 Å². The number of carbonyl (C=O) groups excluding carboxylic acids is 1. The molecule has 0 atom stereocenters. The van der Waals surface area contributed by atoms with Crippen molar-refractivity contribution in [3.63, 3.8) is 0 Å². The number of rotatable bonds is 4. The van der Waals surface area contributed by atoms with Gasteiger partial charge in [0.05, 0.1) is 6.61 Å². The smallest absolute Gasteiger partial charge is 0.172 e. The van der Waals surface area contributed by atoms with E-state index in [0.717, 1.165) is 38.0 Å². The molecule has 1 aliphatic heterocycles. The number of ketones is 1. The van der Waals surface area contributed by atoms with Gasteiger partial charge in [0, 0.05) is 22.5 Å². The number of benzene rings is 1. The predicted octanol–water partition coefficient (Wildman–Crippen LogP) is 4.74. The maximum atomic E-state index is 12.7. The average Bonchev–Trinajstić information content (AvgIpc) is 2.74. The fraction of sp³-hybridized carbons (Fsp3) is 0.500. The zero-order valence-corrected chi connectivity index (χ0v) is 14.0. The van der Waals surface area contributed by atoms with Crippen molar-refractivity contribution in [1.29, 1.82) is 0 Å². The molecule has 3 heteroatoms. The van der Waals surface area contributed by atoms with E-state index in [9.17, 15) is 4.79 Å². The van der Waals surface area contributed by atoms with Gasteiger partial charge in [-0.25, -0.2) is 0 Å². The molecule has 1 fully saturated rings. The van der Waals surface area contributed by atoms with E-state index < -0.39 is 5.41 Å². The van der Waals surface area contributed by atoms with Gasteiger partial charge < -0.3 is 4.74 Å². The molecule has 1 saturated heterocycles. The monoisotopic (exact) mass is 304 g/mol. The third-order valence-electron chi connectivity index (χ3n) is 3.86. The zero-order chi connectivity index (χ0) is 15.3. The minimum absolute atomic E-state index is 0.188. The summed E-state index contributed by atoms with van der Waals surface area (Å²) in [5.41, 5.74) is 1.69. The summed E-state index contributed by atoms with van der Waals surface area (Å²) in [6.07, 6.45) is 7.24. The van der Waals surface area contributed by atoms with E-state index in [4.69, 9.17) is 4.74 Å². The van der Waals surface area contributed by atoms with Crippen LogP contribution in [0.4, 0.5) is 0 Å². The molecular weight excluding hydrogens is 280 g/mol. The van der Waals surface area contributed by atoms with E-state index >= 15 is 0 Å². The summed E-state index contributed by atoms with van der Waals surface area (Å²) in [5, 5.41) is 0. The lowest BCUT2D eigenvalue weighted by atomic mass is 9.81. The van der Waals surface area contributed by atoms with Crippen molar-refractivity contribution in [2.24, 2.45) is 5.41 Å². The first kappa shape index (κ1) is 16.3. The Balaban J connectivity index is 2.16. The van der Waals surface area contributed by atoms with E-state index in [1.807, 2.05) is 44.4 Å². The number of ether oxygens (including phenoxy) is 1. The second-order valence-corrected chi connectivity index (χ2v) is 6.93. The second kappa shape index (κ2) is 7.28. The van der Waals surface area contributed by atoms with Crippen molar-refractivity contribution in [1.82, 2.24) is 0 Å². The van der Waals surface area contributed by atoms with Crippen LogP contribution in [0.3, 0.4) is 0 Å². The molecule has 0 aliphatic carbocycles. The zero-order valence-electron chi connectivity index (χ0n) is 13.1. The Kier molecular flexibility index (Phi) is 5.65. The number of Topliss-reactive ketones (excluding diaryl/α,β-unsaturated/α-hetero) is 1. The Hall–Kier alpha value is -1.06. The summed E-state index contributed by atoms with van der Waals surface area (Å²) in [4.78, 5) is 13.9. The Morgan fingerprint density at radius 2 is 1.90 bits per heavy atom. The highest BCUT2D eigenvalue weighted by Gasteiger charge is 2.27. The highest BCUT2D eigenvalue weighted by atomic mass is 32.2. The quantitative estimate of drug-likeness (QED) is 0.456. The highest BCUT2D eigenvalue weighted by molar-refractivity contribution is 7.98. The minimum atomic E-state index is -0.458. The van der Waals surface area contributed by atoms with Crippen LogP contribution in [0.1, 0.15) is 43.5 Å². The molecule has 0 amide bonds. The van der Waals surface area contributed by atoms with Crippen LogP contribution < -0.4 is 0 Å². The van der Waals surface area contributed by atoms with Gasteiger partial charge in [0.2, 0.25) is 0 Å². The van der Waals surface area contributed by atoms with Crippen LogP contribution in [0, 0.1) is 5.41 Å². The summed E-state index contributed by atoms with van der Waals surface area (Å²) in [5.74, 6) is 0.188. The van der Waals surface area contributed by atoms with Crippen LogP contribution in [-0.4, -0.2) is 25.3 Å². The van der Waals surface area contributed by atoms with E-state index in [2.05, 4.69) is 6.08 Å². The molecule has 1 aromatic rings. The molecule has 0 unspecified atom stereocenters. The fourth-order valence-electron chi connectivity index (χ4n) is 2.67. The molecule has 0 spiro atoms. The van der Waals surface area contributed by atoms with Crippen LogP contribution in [0.5, 0.6) is 0 Å². The molecule has 1 aliphatic rings. The van der Waals surface area contributed by atoms with Gasteiger partial charge in [0.15, 0.2) is 5.78 Å². The summed E-state index contributed by atoms with van der Waals surface area (Å²) >= 11 is 1.69. The van der Waals surface area contributed by atoms with Gasteiger partial charge in [-0.15, -0.1) is 11.8 Å². The summed E-state index contributed by atoms with van der Waals surface area (Å²) in [6, 6.07) is 7.90. The number of carbonyl (C=O) groups is 1. The maximum absolute atomic E-state index is 12.7. The number of hydrogen-bond donors (Lipinski definition) is 0. The summed E-state index contributed by atoms with van der Waals surface area (Å²) < 4.78 is 5.48. The van der Waals surface area contributed by atoms with Gasteiger partial charge in [0.1, 0.15) is 0 Å². The van der Waals surface area contributed by atoms with Gasteiger partial charge in [-0.3, -0.25) is 4.79 Å². The molecule has 114 valence electrons. The molecule has 0 N–H and O–H groups in total. The first-order valence-corrected chi connectivity index (χ1v) is 8.72. The van der Waals surface area contributed by atoms with Crippen molar-refractivity contribution >= 4 is 17.5 Å². The van der Waals surface area contributed by atoms with Crippen LogP contribution >= 0.6 is 11.8 Å². The summed E-state index contributed by atoms with van der Waals surface area (Å²) in [6.45, 7) is 5.63. The molecular formula is C18H24O2S. The van der Waals surface area contributed by atoms with Crippen LogP contribution in [0.15, 0.2) is 40.8 Å². The van der Waals surface area contributed by atoms with Gasteiger partial charge in [-0.1, -0.05) is 23.8 Å². The second-order valence-electron chi connectivity index (χ2n) is 6.05. The average molecular weight is 304 g/mol. The third kappa shape index (κ3) is 4.45. The lowest BCUT2D eigenvalue weighted by molar-refractivity contribution is 0.0884. The molecule has 0 aromatic heterocycles. The van der Waals surface area contributed by atoms with Crippen molar-refractivity contribution < 1.29 is 9.53 Å². The normalized spacial score (nSPS) is 18.5. The standard InChI is InChI=1S/C18H24O2S/c1-18(2,13-14-5-4-11-20-12-10-14)17(19)15-6-8-16(21-3)9-7-15/h6-9,13H,4-5,10-12H2,1-3H3/b14-13-. The van der Waals surface area contributed by atoms with Crippen LogP contribution in [0.25, 0.3) is 0 Å². The molecule has 0 saturated carbocycles. The number of hydrogen-bond acceptors (Lipinski definition) is 3. The van der Waals surface area contributed by atoms with Crippen molar-refractivity contribution in [3.05, 3.63) is 41.5 Å². The van der Waals surface area contributed by atoms with Crippen molar-refractivity contribution in [2.45, 2.75) is 38.0 Å². The molecule has 1 aromatic carbocycles. The molecule has 0 bridgehead atoms. The lowest BCUT2D eigenvalue weighted by Crippen LogP contribution is -2.22. The Morgan fingerprint density at radius 3 is 2.57 bits per heavy atom. The molecule has 0 radical (unpaired) electrons. The van der Waals surface area contributed by atoms with Crippen LogP contribution in [-0.2, 0) is 4.74 Å². The number of allylic oxidation sites excluding steroid dienone is 1. The van der Waals surface area contributed by atoms with Gasteiger partial charge in [-0.05, 0) is 51.5 Å². The lowest BCUT2D eigenvalue weighted by Gasteiger charge is -2.21. The van der Waals surface area contributed by atoms with Gasteiger partial charge >= 0.3 is 0 Å². The van der Waals surface area contributed by atoms with E-state index in [1.165, 1.54) is 10.5 Å².